The van der Waals surface area contributed by atoms with E-state index in [-0.39, 0.29) is 11.5 Å². The Hall–Kier alpha value is -2.00. The zero-order valence-corrected chi connectivity index (χ0v) is 24.4. The van der Waals surface area contributed by atoms with E-state index >= 15 is 0 Å². The molecule has 9 heteroatoms. The predicted molar refractivity (Wildman–Crippen MR) is 153 cm³/mol. The van der Waals surface area contributed by atoms with Gasteiger partial charge in [-0.1, -0.05) is 53.5 Å². The monoisotopic (exact) mass is 679 g/mol. The molecule has 5 nitrogen and oxygen atoms in total. The zero-order chi connectivity index (χ0) is 25.1. The third kappa shape index (κ3) is 6.05. The number of ether oxygens (including phenoxy) is 1. The van der Waals surface area contributed by atoms with Crippen molar-refractivity contribution in [2.24, 2.45) is 5.10 Å². The van der Waals surface area contributed by atoms with Crippen LogP contribution >= 0.6 is 59.4 Å². The average molecular weight is 683 g/mol. The van der Waals surface area contributed by atoms with Crippen molar-refractivity contribution >= 4 is 76.5 Å². The summed E-state index contributed by atoms with van der Waals surface area (Å²) in [7, 11) is 0. The second-order valence-electron chi connectivity index (χ2n) is 8.03. The van der Waals surface area contributed by atoms with Crippen molar-refractivity contribution in [3.8, 4) is 5.75 Å². The molecule has 1 atom stereocenters. The highest BCUT2D eigenvalue weighted by molar-refractivity contribution is 9.11. The molecule has 0 aliphatic rings. The molecule has 0 saturated heterocycles. The molecular weight excluding hydrogens is 661 g/mol. The van der Waals surface area contributed by atoms with Gasteiger partial charge in [-0.25, -0.2) is 4.98 Å². The second-order valence-corrected chi connectivity index (χ2v) is 11.1. The summed E-state index contributed by atoms with van der Waals surface area (Å²) < 4.78 is 9.74. The first-order chi connectivity index (χ1) is 16.8. The fourth-order valence-electron chi connectivity index (χ4n) is 3.43. The van der Waals surface area contributed by atoms with Gasteiger partial charge < -0.3 is 4.74 Å². The maximum absolute atomic E-state index is 13.3. The smallest absolute Gasteiger partial charge is 0.282 e. The van der Waals surface area contributed by atoms with Crippen LogP contribution in [0.15, 0.2) is 77.9 Å². The fraction of sp³-hybridized carbons (Fsp3) is 0.192. The molecule has 3 aromatic carbocycles. The molecule has 0 N–H and O–H groups in total. The molecule has 0 aliphatic heterocycles. The third-order valence-electron chi connectivity index (χ3n) is 5.53. The Labute approximate surface area is 233 Å². The van der Waals surface area contributed by atoms with E-state index in [9.17, 15) is 4.79 Å². The van der Waals surface area contributed by atoms with Crippen LogP contribution in [0, 0.1) is 0 Å². The van der Waals surface area contributed by atoms with Gasteiger partial charge in [0.2, 0.25) is 0 Å². The summed E-state index contributed by atoms with van der Waals surface area (Å²) in [5.74, 6) is 1.37. The maximum atomic E-state index is 13.3. The van der Waals surface area contributed by atoms with Gasteiger partial charge in [-0.05, 0) is 91.9 Å². The summed E-state index contributed by atoms with van der Waals surface area (Å²) in [6.07, 6.45) is 2.48. The molecule has 4 rings (SSSR count). The van der Waals surface area contributed by atoms with Gasteiger partial charge >= 0.3 is 0 Å². The minimum absolute atomic E-state index is 0.0648. The molecule has 0 unspecified atom stereocenters. The van der Waals surface area contributed by atoms with Gasteiger partial charge in [0.1, 0.15) is 18.2 Å². The van der Waals surface area contributed by atoms with Crippen molar-refractivity contribution in [2.45, 2.75) is 32.8 Å². The van der Waals surface area contributed by atoms with E-state index in [0.717, 1.165) is 31.0 Å². The first-order valence-electron chi connectivity index (χ1n) is 10.9. The first kappa shape index (κ1) is 26.1. The molecule has 0 amide bonds. The summed E-state index contributed by atoms with van der Waals surface area (Å²) >= 11 is 16.6. The topological polar surface area (TPSA) is 56.5 Å². The SMILES string of the molecule is CC[C@@H](C)c1nc2ccc(Br)cc2c(=O)n1N=Cc1cc(Br)c(OCc2ccc(Cl)cc2)c(Br)c1. The Morgan fingerprint density at radius 1 is 1.09 bits per heavy atom. The molecule has 0 aliphatic carbocycles. The lowest BCUT2D eigenvalue weighted by Crippen LogP contribution is -2.23. The molecule has 0 radical (unpaired) electrons. The lowest BCUT2D eigenvalue weighted by Gasteiger charge is -2.14. The highest BCUT2D eigenvalue weighted by atomic mass is 79.9. The number of rotatable bonds is 7. The van der Waals surface area contributed by atoms with E-state index in [4.69, 9.17) is 21.3 Å². The molecule has 0 fully saturated rings. The number of hydrogen-bond acceptors (Lipinski definition) is 4. The van der Waals surface area contributed by atoms with E-state index in [1.54, 1.807) is 12.3 Å². The number of nitrogens with zero attached hydrogens (tertiary/aromatic N) is 3. The van der Waals surface area contributed by atoms with E-state index in [2.05, 4.69) is 59.8 Å². The van der Waals surface area contributed by atoms with Crippen molar-refractivity contribution in [3.05, 3.63) is 100 Å². The number of benzene rings is 3. The normalized spacial score (nSPS) is 12.4. The van der Waals surface area contributed by atoms with E-state index in [0.29, 0.717) is 34.1 Å². The van der Waals surface area contributed by atoms with Crippen LogP contribution in [-0.2, 0) is 6.61 Å². The molecule has 180 valence electrons. The summed E-state index contributed by atoms with van der Waals surface area (Å²) in [4.78, 5) is 18.1. The molecular formula is C26H21Br3ClN3O2. The molecule has 0 saturated carbocycles. The summed E-state index contributed by atoms with van der Waals surface area (Å²) in [5, 5.41) is 5.74. The summed E-state index contributed by atoms with van der Waals surface area (Å²) in [5.41, 5.74) is 2.25. The Kier molecular flexibility index (Phi) is 8.47. The zero-order valence-electron chi connectivity index (χ0n) is 18.9. The lowest BCUT2D eigenvalue weighted by atomic mass is 10.1. The van der Waals surface area contributed by atoms with Gasteiger partial charge in [0.25, 0.3) is 5.56 Å². The van der Waals surface area contributed by atoms with Crippen molar-refractivity contribution in [3.63, 3.8) is 0 Å². The van der Waals surface area contributed by atoms with Gasteiger partial charge in [0.15, 0.2) is 0 Å². The van der Waals surface area contributed by atoms with E-state index < -0.39 is 0 Å². The van der Waals surface area contributed by atoms with Crippen LogP contribution in [0.5, 0.6) is 5.75 Å². The quantitative estimate of drug-likeness (QED) is 0.184. The van der Waals surface area contributed by atoms with Gasteiger partial charge in [0, 0.05) is 15.4 Å². The van der Waals surface area contributed by atoms with Crippen LogP contribution in [0.2, 0.25) is 5.02 Å². The van der Waals surface area contributed by atoms with E-state index in [1.165, 1.54) is 4.68 Å². The van der Waals surface area contributed by atoms with Crippen LogP contribution in [0.4, 0.5) is 0 Å². The Morgan fingerprint density at radius 2 is 1.77 bits per heavy atom. The molecule has 35 heavy (non-hydrogen) atoms. The minimum Gasteiger partial charge on any atom is -0.487 e. The Morgan fingerprint density at radius 3 is 2.43 bits per heavy atom. The Balaban J connectivity index is 1.66. The van der Waals surface area contributed by atoms with Crippen molar-refractivity contribution in [1.82, 2.24) is 9.66 Å². The first-order valence-corrected chi connectivity index (χ1v) is 13.7. The Bertz CT molecular complexity index is 1450. The molecule has 1 heterocycles. The number of halogens is 4. The largest absolute Gasteiger partial charge is 0.487 e. The van der Waals surface area contributed by atoms with Crippen molar-refractivity contribution in [2.75, 3.05) is 0 Å². The summed E-state index contributed by atoms with van der Waals surface area (Å²) in [6.45, 7) is 4.50. The number of aromatic nitrogens is 2. The van der Waals surface area contributed by atoms with Crippen LogP contribution in [0.3, 0.4) is 0 Å². The van der Waals surface area contributed by atoms with Gasteiger partial charge in [0.05, 0.1) is 26.1 Å². The fourth-order valence-corrected chi connectivity index (χ4v) is 5.37. The third-order valence-corrected chi connectivity index (χ3v) is 7.45. The predicted octanol–water partition coefficient (Wildman–Crippen LogP) is 8.31. The van der Waals surface area contributed by atoms with Crippen LogP contribution in [-0.4, -0.2) is 15.9 Å². The number of fused-ring (bicyclic) bond motifs is 1. The standard InChI is InChI=1S/C26H21Br3ClN3O2/c1-3-15(2)25-32-23-9-6-18(27)12-20(23)26(34)33(25)31-13-17-10-21(28)24(22(29)11-17)35-14-16-4-7-19(30)8-5-16/h4-13,15H,3,14H2,1-2H3/t15-/m1/s1. The van der Waals surface area contributed by atoms with Gasteiger partial charge in [-0.15, -0.1) is 0 Å². The average Bonchev–Trinajstić information content (AvgIpc) is 2.83. The molecule has 4 aromatic rings. The maximum Gasteiger partial charge on any atom is 0.282 e. The number of hydrogen-bond donors (Lipinski definition) is 0. The van der Waals surface area contributed by atoms with Crippen molar-refractivity contribution < 1.29 is 4.74 Å². The van der Waals surface area contributed by atoms with Crippen LogP contribution in [0.25, 0.3) is 10.9 Å². The van der Waals surface area contributed by atoms with E-state index in [1.807, 2.05) is 55.5 Å². The minimum atomic E-state index is -0.205. The highest BCUT2D eigenvalue weighted by Crippen LogP contribution is 2.35. The second kappa shape index (κ2) is 11.4. The van der Waals surface area contributed by atoms with Crippen LogP contribution in [0.1, 0.15) is 43.1 Å². The van der Waals surface area contributed by atoms with Crippen LogP contribution < -0.4 is 10.3 Å². The van der Waals surface area contributed by atoms with Crippen molar-refractivity contribution in [1.29, 1.82) is 0 Å². The summed E-state index contributed by atoms with van der Waals surface area (Å²) in [6, 6.07) is 16.8. The molecule has 0 bridgehead atoms. The molecule has 0 spiro atoms. The van der Waals surface area contributed by atoms with Gasteiger partial charge in [-0.3, -0.25) is 4.79 Å². The lowest BCUT2D eigenvalue weighted by molar-refractivity contribution is 0.302. The molecule has 1 aromatic heterocycles. The van der Waals surface area contributed by atoms with Gasteiger partial charge in [-0.2, -0.15) is 9.78 Å². The highest BCUT2D eigenvalue weighted by Gasteiger charge is 2.16.